The smallest absolute Gasteiger partial charge is 0.321 e. The number of primary amides is 1. The summed E-state index contributed by atoms with van der Waals surface area (Å²) in [6, 6.07) is 6.61. The maximum atomic E-state index is 12.2. The van der Waals surface area contributed by atoms with Gasteiger partial charge < -0.3 is 16.0 Å². The zero-order chi connectivity index (χ0) is 13.8. The van der Waals surface area contributed by atoms with Crippen molar-refractivity contribution in [2.24, 2.45) is 11.7 Å². The molecule has 1 heterocycles. The predicted octanol–water partition coefficient (Wildman–Crippen LogP) is 2.05. The Morgan fingerprint density at radius 3 is 2.79 bits per heavy atom. The number of nitrogens with zero attached hydrogens (tertiary/aromatic N) is 1. The van der Waals surface area contributed by atoms with E-state index < -0.39 is 5.91 Å². The molecule has 0 aromatic heterocycles. The Labute approximate surface area is 112 Å². The van der Waals surface area contributed by atoms with E-state index >= 15 is 0 Å². The highest BCUT2D eigenvalue weighted by Gasteiger charge is 2.21. The van der Waals surface area contributed by atoms with Crippen LogP contribution in [0.4, 0.5) is 10.5 Å². The average Bonchev–Trinajstić information content (AvgIpc) is 2.39. The molecule has 1 fully saturated rings. The molecule has 1 aromatic carbocycles. The molecule has 19 heavy (non-hydrogen) atoms. The molecule has 0 saturated carbocycles. The Morgan fingerprint density at radius 1 is 1.37 bits per heavy atom. The minimum absolute atomic E-state index is 0.166. The van der Waals surface area contributed by atoms with E-state index in [9.17, 15) is 9.59 Å². The number of carbonyl (C=O) groups is 2. The first-order valence-corrected chi connectivity index (χ1v) is 6.52. The van der Waals surface area contributed by atoms with Gasteiger partial charge in [-0.05, 0) is 30.9 Å². The van der Waals surface area contributed by atoms with Crippen LogP contribution < -0.4 is 11.1 Å². The van der Waals surface area contributed by atoms with Crippen molar-refractivity contribution in [1.29, 1.82) is 0 Å². The van der Waals surface area contributed by atoms with Crippen molar-refractivity contribution in [3.63, 3.8) is 0 Å². The average molecular weight is 261 g/mol. The number of likely N-dealkylation sites (tertiary alicyclic amines) is 1. The minimum atomic E-state index is -0.539. The van der Waals surface area contributed by atoms with Crippen LogP contribution in [-0.2, 0) is 0 Å². The minimum Gasteiger partial charge on any atom is -0.366 e. The Hall–Kier alpha value is -2.04. The number of rotatable bonds is 2. The summed E-state index contributed by atoms with van der Waals surface area (Å²) >= 11 is 0. The molecule has 5 heteroatoms. The first-order chi connectivity index (χ1) is 9.08. The van der Waals surface area contributed by atoms with Gasteiger partial charge in [-0.3, -0.25) is 4.79 Å². The van der Waals surface area contributed by atoms with Crippen LogP contribution >= 0.6 is 0 Å². The van der Waals surface area contributed by atoms with Gasteiger partial charge in [-0.15, -0.1) is 0 Å². The van der Waals surface area contributed by atoms with Gasteiger partial charge in [0.1, 0.15) is 0 Å². The number of nitrogens with one attached hydrogen (secondary N) is 1. The van der Waals surface area contributed by atoms with Gasteiger partial charge in [0, 0.05) is 13.1 Å². The first-order valence-electron chi connectivity index (χ1n) is 6.52. The number of hydrogen-bond donors (Lipinski definition) is 2. The van der Waals surface area contributed by atoms with Gasteiger partial charge >= 0.3 is 6.03 Å². The number of nitrogens with two attached hydrogens (primary N) is 1. The molecular formula is C14H19N3O2. The van der Waals surface area contributed by atoms with E-state index in [0.717, 1.165) is 25.9 Å². The zero-order valence-electron chi connectivity index (χ0n) is 11.1. The second kappa shape index (κ2) is 5.73. The molecule has 1 atom stereocenters. The second-order valence-electron chi connectivity index (χ2n) is 5.03. The standard InChI is InChI=1S/C14H19N3O2/c1-10-5-4-8-17(9-10)14(19)16-12-7-3-2-6-11(12)13(15)18/h2-3,6-7,10H,4-5,8-9H2,1H3,(H2,15,18)(H,16,19). The van der Waals surface area contributed by atoms with Crippen molar-refractivity contribution >= 4 is 17.6 Å². The van der Waals surface area contributed by atoms with Crippen molar-refractivity contribution in [2.45, 2.75) is 19.8 Å². The van der Waals surface area contributed by atoms with Gasteiger partial charge in [-0.2, -0.15) is 0 Å². The SMILES string of the molecule is CC1CCCN(C(=O)Nc2ccccc2C(N)=O)C1. The topological polar surface area (TPSA) is 75.4 Å². The number of benzene rings is 1. The molecule has 3 N–H and O–H groups in total. The van der Waals surface area contributed by atoms with Gasteiger partial charge in [-0.1, -0.05) is 19.1 Å². The van der Waals surface area contributed by atoms with Gasteiger partial charge in [0.05, 0.1) is 11.3 Å². The molecule has 5 nitrogen and oxygen atoms in total. The van der Waals surface area contributed by atoms with Crippen molar-refractivity contribution in [1.82, 2.24) is 4.90 Å². The normalized spacial score (nSPS) is 19.0. The van der Waals surface area contributed by atoms with E-state index in [1.165, 1.54) is 0 Å². The van der Waals surface area contributed by atoms with Crippen molar-refractivity contribution < 1.29 is 9.59 Å². The molecule has 2 rings (SSSR count). The summed E-state index contributed by atoms with van der Waals surface area (Å²) in [6.07, 6.45) is 2.17. The summed E-state index contributed by atoms with van der Waals surface area (Å²) < 4.78 is 0. The van der Waals surface area contributed by atoms with E-state index in [1.807, 2.05) is 0 Å². The summed E-state index contributed by atoms with van der Waals surface area (Å²) in [7, 11) is 0. The highest BCUT2D eigenvalue weighted by atomic mass is 16.2. The van der Waals surface area contributed by atoms with Gasteiger partial charge in [0.15, 0.2) is 0 Å². The molecule has 0 aliphatic carbocycles. The Balaban J connectivity index is 2.08. The van der Waals surface area contributed by atoms with E-state index in [4.69, 9.17) is 5.73 Å². The van der Waals surface area contributed by atoms with Gasteiger partial charge in [0.25, 0.3) is 5.91 Å². The largest absolute Gasteiger partial charge is 0.366 e. The van der Waals surface area contributed by atoms with Crippen molar-refractivity contribution in [3.05, 3.63) is 29.8 Å². The molecule has 3 amide bonds. The van der Waals surface area contributed by atoms with E-state index in [0.29, 0.717) is 17.2 Å². The van der Waals surface area contributed by atoms with Crippen LogP contribution in [0, 0.1) is 5.92 Å². The van der Waals surface area contributed by atoms with E-state index in [-0.39, 0.29) is 6.03 Å². The third-order valence-corrected chi connectivity index (χ3v) is 3.38. The van der Waals surface area contributed by atoms with Crippen LogP contribution in [0.1, 0.15) is 30.1 Å². The molecule has 0 bridgehead atoms. The molecule has 0 radical (unpaired) electrons. The van der Waals surface area contributed by atoms with E-state index in [2.05, 4.69) is 12.2 Å². The van der Waals surface area contributed by atoms with Crippen LogP contribution in [0.15, 0.2) is 24.3 Å². The summed E-state index contributed by atoms with van der Waals surface area (Å²) in [5.41, 5.74) is 6.09. The molecular weight excluding hydrogens is 242 g/mol. The lowest BCUT2D eigenvalue weighted by Crippen LogP contribution is -2.41. The second-order valence-corrected chi connectivity index (χ2v) is 5.03. The van der Waals surface area contributed by atoms with Gasteiger partial charge in [-0.25, -0.2) is 4.79 Å². The fourth-order valence-corrected chi connectivity index (χ4v) is 2.38. The number of amides is 3. The summed E-state index contributed by atoms with van der Waals surface area (Å²) in [5.74, 6) is -0.0196. The Morgan fingerprint density at radius 2 is 2.11 bits per heavy atom. The van der Waals surface area contributed by atoms with Crippen LogP contribution in [0.25, 0.3) is 0 Å². The maximum absolute atomic E-state index is 12.2. The lowest BCUT2D eigenvalue weighted by molar-refractivity contribution is 0.100. The Bertz CT molecular complexity index is 487. The number of hydrogen-bond acceptors (Lipinski definition) is 2. The monoisotopic (exact) mass is 261 g/mol. The third kappa shape index (κ3) is 3.24. The highest BCUT2D eigenvalue weighted by molar-refractivity contribution is 6.02. The number of piperidine rings is 1. The predicted molar refractivity (Wildman–Crippen MR) is 73.9 cm³/mol. The number of carbonyl (C=O) groups excluding carboxylic acids is 2. The summed E-state index contributed by atoms with van der Waals surface area (Å²) in [6.45, 7) is 3.65. The molecule has 102 valence electrons. The van der Waals surface area contributed by atoms with Crippen molar-refractivity contribution in [2.75, 3.05) is 18.4 Å². The number of anilines is 1. The van der Waals surface area contributed by atoms with Crippen LogP contribution in [0.5, 0.6) is 0 Å². The lowest BCUT2D eigenvalue weighted by atomic mass is 10.0. The molecule has 1 unspecified atom stereocenters. The first kappa shape index (κ1) is 13.4. The molecule has 0 spiro atoms. The lowest BCUT2D eigenvalue weighted by Gasteiger charge is -2.31. The van der Waals surface area contributed by atoms with Crippen LogP contribution in [-0.4, -0.2) is 29.9 Å². The summed E-state index contributed by atoms with van der Waals surface area (Å²) in [4.78, 5) is 25.2. The van der Waals surface area contributed by atoms with Crippen LogP contribution in [0.3, 0.4) is 0 Å². The van der Waals surface area contributed by atoms with Crippen LogP contribution in [0.2, 0.25) is 0 Å². The fraction of sp³-hybridized carbons (Fsp3) is 0.429. The Kier molecular flexibility index (Phi) is 4.04. The molecule has 1 saturated heterocycles. The third-order valence-electron chi connectivity index (χ3n) is 3.38. The zero-order valence-corrected chi connectivity index (χ0v) is 11.1. The quantitative estimate of drug-likeness (QED) is 0.855. The molecule has 1 aliphatic rings. The fourth-order valence-electron chi connectivity index (χ4n) is 2.38. The number of urea groups is 1. The van der Waals surface area contributed by atoms with Crippen molar-refractivity contribution in [3.8, 4) is 0 Å². The summed E-state index contributed by atoms with van der Waals surface area (Å²) in [5, 5.41) is 2.77. The molecule has 1 aromatic rings. The molecule has 1 aliphatic heterocycles. The highest BCUT2D eigenvalue weighted by Crippen LogP contribution is 2.18. The van der Waals surface area contributed by atoms with Gasteiger partial charge in [0.2, 0.25) is 0 Å². The maximum Gasteiger partial charge on any atom is 0.321 e. The van der Waals surface area contributed by atoms with E-state index in [1.54, 1.807) is 29.2 Å². The number of para-hydroxylation sites is 1.